The second-order valence-electron chi connectivity index (χ2n) is 4.40. The largest absolute Gasteiger partial charge is 0.368 e. The third-order valence-corrected chi connectivity index (χ3v) is 1.67. The van der Waals surface area contributed by atoms with Crippen LogP contribution in [-0.2, 0) is 0 Å². The molecule has 0 aliphatic carbocycles. The monoisotopic (exact) mass is 179 g/mol. The third kappa shape index (κ3) is 3.40. The Kier molecular flexibility index (Phi) is 2.86. The minimum absolute atomic E-state index is 0.268. The summed E-state index contributed by atoms with van der Waals surface area (Å²) in [7, 11) is 0. The van der Waals surface area contributed by atoms with Gasteiger partial charge in [0, 0.05) is 18.9 Å². The van der Waals surface area contributed by atoms with Gasteiger partial charge in [0.05, 0.1) is 5.69 Å². The molecule has 1 heterocycles. The molecular weight excluding hydrogens is 162 g/mol. The molecule has 0 bridgehead atoms. The molecule has 0 aliphatic heterocycles. The lowest BCUT2D eigenvalue weighted by molar-refractivity contribution is 0.442. The predicted octanol–water partition coefficient (Wildman–Crippen LogP) is 2.24. The Balaban J connectivity index is 2.60. The van der Waals surface area contributed by atoms with Crippen LogP contribution in [0.3, 0.4) is 0 Å². The molecule has 1 aromatic rings. The molecule has 0 aliphatic rings. The summed E-state index contributed by atoms with van der Waals surface area (Å²) >= 11 is 0. The summed E-state index contributed by atoms with van der Waals surface area (Å²) in [6.07, 6.45) is 3.41. The molecule has 13 heavy (non-hydrogen) atoms. The van der Waals surface area contributed by atoms with Crippen molar-refractivity contribution in [2.45, 2.75) is 27.7 Å². The quantitative estimate of drug-likeness (QED) is 0.756. The van der Waals surface area contributed by atoms with Gasteiger partial charge in [-0.25, -0.2) is 4.98 Å². The molecule has 0 aromatic carbocycles. The standard InChI is InChI=1S/C10H17N3/c1-8-9(12-6-5-11-8)13-7-10(2,3)4/h5-6H,7H2,1-4H3,(H,12,13). The van der Waals surface area contributed by atoms with Crippen LogP contribution in [0.4, 0.5) is 5.82 Å². The van der Waals surface area contributed by atoms with Gasteiger partial charge in [0.25, 0.3) is 0 Å². The van der Waals surface area contributed by atoms with Gasteiger partial charge < -0.3 is 5.32 Å². The Hall–Kier alpha value is -1.12. The number of anilines is 1. The molecule has 0 amide bonds. The van der Waals surface area contributed by atoms with Crippen LogP contribution >= 0.6 is 0 Å². The third-order valence-electron chi connectivity index (χ3n) is 1.67. The van der Waals surface area contributed by atoms with Crippen molar-refractivity contribution < 1.29 is 0 Å². The minimum atomic E-state index is 0.268. The van der Waals surface area contributed by atoms with Gasteiger partial charge in [-0.2, -0.15) is 0 Å². The summed E-state index contributed by atoms with van der Waals surface area (Å²) in [5.41, 5.74) is 1.22. The molecule has 3 heteroatoms. The van der Waals surface area contributed by atoms with Crippen LogP contribution in [0, 0.1) is 12.3 Å². The van der Waals surface area contributed by atoms with Gasteiger partial charge in [0.1, 0.15) is 5.82 Å². The van der Waals surface area contributed by atoms with E-state index in [-0.39, 0.29) is 5.41 Å². The Morgan fingerprint density at radius 3 is 2.38 bits per heavy atom. The normalized spacial score (nSPS) is 11.4. The summed E-state index contributed by atoms with van der Waals surface area (Å²) < 4.78 is 0. The molecule has 72 valence electrons. The van der Waals surface area contributed by atoms with Crippen molar-refractivity contribution in [2.24, 2.45) is 5.41 Å². The van der Waals surface area contributed by atoms with Crippen LogP contribution < -0.4 is 5.32 Å². The number of aryl methyl sites for hydroxylation is 1. The molecule has 0 unspecified atom stereocenters. The maximum atomic E-state index is 4.21. The summed E-state index contributed by atoms with van der Waals surface area (Å²) in [5.74, 6) is 0.887. The maximum Gasteiger partial charge on any atom is 0.147 e. The molecule has 0 fully saturated rings. The molecule has 0 spiro atoms. The Morgan fingerprint density at radius 2 is 1.85 bits per heavy atom. The summed E-state index contributed by atoms with van der Waals surface area (Å²) in [5, 5.41) is 3.28. The van der Waals surface area contributed by atoms with Crippen molar-refractivity contribution in [2.75, 3.05) is 11.9 Å². The average molecular weight is 179 g/mol. The number of aromatic nitrogens is 2. The first-order chi connectivity index (χ1) is 5.99. The maximum absolute atomic E-state index is 4.21. The van der Waals surface area contributed by atoms with Gasteiger partial charge in [-0.3, -0.25) is 4.98 Å². The predicted molar refractivity (Wildman–Crippen MR) is 54.7 cm³/mol. The lowest BCUT2D eigenvalue weighted by Crippen LogP contribution is -2.20. The highest BCUT2D eigenvalue weighted by molar-refractivity contribution is 5.38. The molecule has 0 atom stereocenters. The molecule has 0 radical (unpaired) electrons. The molecular formula is C10H17N3. The highest BCUT2D eigenvalue weighted by atomic mass is 15.0. The zero-order valence-electron chi connectivity index (χ0n) is 8.76. The van der Waals surface area contributed by atoms with Crippen LogP contribution in [0.1, 0.15) is 26.5 Å². The van der Waals surface area contributed by atoms with Crippen molar-refractivity contribution in [1.82, 2.24) is 9.97 Å². The number of hydrogen-bond donors (Lipinski definition) is 1. The number of nitrogens with zero attached hydrogens (tertiary/aromatic N) is 2. The smallest absolute Gasteiger partial charge is 0.147 e. The Bertz CT molecular complexity index is 276. The summed E-state index contributed by atoms with van der Waals surface area (Å²) in [6.45, 7) is 9.42. The Labute approximate surface area is 79.6 Å². The SMILES string of the molecule is Cc1nccnc1NCC(C)(C)C. The van der Waals surface area contributed by atoms with Crippen molar-refractivity contribution in [3.63, 3.8) is 0 Å². The van der Waals surface area contributed by atoms with E-state index in [0.717, 1.165) is 18.1 Å². The van der Waals surface area contributed by atoms with Crippen molar-refractivity contribution in [3.8, 4) is 0 Å². The second-order valence-corrected chi connectivity index (χ2v) is 4.40. The van der Waals surface area contributed by atoms with E-state index >= 15 is 0 Å². The fourth-order valence-corrected chi connectivity index (χ4v) is 0.930. The zero-order chi connectivity index (χ0) is 9.90. The van der Waals surface area contributed by atoms with Gasteiger partial charge in [-0.1, -0.05) is 20.8 Å². The Morgan fingerprint density at radius 1 is 1.23 bits per heavy atom. The lowest BCUT2D eigenvalue weighted by Gasteiger charge is -2.19. The second kappa shape index (κ2) is 3.73. The molecule has 3 nitrogen and oxygen atoms in total. The first kappa shape index (κ1) is 9.96. The first-order valence-corrected chi connectivity index (χ1v) is 4.50. The van der Waals surface area contributed by atoms with Crippen LogP contribution in [0.15, 0.2) is 12.4 Å². The van der Waals surface area contributed by atoms with Crippen molar-refractivity contribution in [3.05, 3.63) is 18.1 Å². The van der Waals surface area contributed by atoms with E-state index in [1.165, 1.54) is 0 Å². The molecule has 0 saturated heterocycles. The highest BCUT2D eigenvalue weighted by Gasteiger charge is 2.10. The average Bonchev–Trinajstić information content (AvgIpc) is 2.01. The van der Waals surface area contributed by atoms with Gasteiger partial charge in [-0.05, 0) is 12.3 Å². The van der Waals surface area contributed by atoms with Gasteiger partial charge >= 0.3 is 0 Å². The highest BCUT2D eigenvalue weighted by Crippen LogP contribution is 2.14. The van der Waals surface area contributed by atoms with E-state index in [9.17, 15) is 0 Å². The molecule has 1 N–H and O–H groups in total. The zero-order valence-corrected chi connectivity index (χ0v) is 8.76. The van der Waals surface area contributed by atoms with E-state index in [1.807, 2.05) is 6.92 Å². The summed E-state index contributed by atoms with van der Waals surface area (Å²) in [4.78, 5) is 8.36. The lowest BCUT2D eigenvalue weighted by atomic mass is 9.97. The number of nitrogens with one attached hydrogen (secondary N) is 1. The van der Waals surface area contributed by atoms with E-state index < -0.39 is 0 Å². The first-order valence-electron chi connectivity index (χ1n) is 4.50. The van der Waals surface area contributed by atoms with Gasteiger partial charge in [0.2, 0.25) is 0 Å². The fourth-order valence-electron chi connectivity index (χ4n) is 0.930. The molecule has 1 rings (SSSR count). The van der Waals surface area contributed by atoms with Gasteiger partial charge in [0.15, 0.2) is 0 Å². The van der Waals surface area contributed by atoms with E-state index in [4.69, 9.17) is 0 Å². The molecule has 1 aromatic heterocycles. The van der Waals surface area contributed by atoms with Crippen molar-refractivity contribution in [1.29, 1.82) is 0 Å². The van der Waals surface area contributed by atoms with Crippen LogP contribution in [0.5, 0.6) is 0 Å². The minimum Gasteiger partial charge on any atom is -0.368 e. The van der Waals surface area contributed by atoms with Gasteiger partial charge in [-0.15, -0.1) is 0 Å². The van der Waals surface area contributed by atoms with Crippen LogP contribution in [0.25, 0.3) is 0 Å². The number of hydrogen-bond acceptors (Lipinski definition) is 3. The van der Waals surface area contributed by atoms with E-state index in [2.05, 4.69) is 36.1 Å². The van der Waals surface area contributed by atoms with E-state index in [1.54, 1.807) is 12.4 Å². The van der Waals surface area contributed by atoms with E-state index in [0.29, 0.717) is 0 Å². The topological polar surface area (TPSA) is 37.8 Å². The van der Waals surface area contributed by atoms with Crippen molar-refractivity contribution >= 4 is 5.82 Å². The fraction of sp³-hybridized carbons (Fsp3) is 0.600. The molecule has 0 saturated carbocycles. The number of rotatable bonds is 2. The van der Waals surface area contributed by atoms with Crippen LogP contribution in [-0.4, -0.2) is 16.5 Å². The van der Waals surface area contributed by atoms with Crippen LogP contribution in [0.2, 0.25) is 0 Å². The summed E-state index contributed by atoms with van der Waals surface area (Å²) in [6, 6.07) is 0.